The molecule has 0 aliphatic carbocycles. The average molecular weight is 426 g/mol. The number of amides is 1. The Kier molecular flexibility index (Phi) is 8.59. The molecule has 1 amide bonds. The Morgan fingerprint density at radius 3 is 2.21 bits per heavy atom. The Morgan fingerprint density at radius 2 is 1.82 bits per heavy atom. The Balaban J connectivity index is 2.87. The number of rotatable bonds is 10. The van der Waals surface area contributed by atoms with Gasteiger partial charge in [0, 0.05) is 6.20 Å². The molecule has 0 aromatic carbocycles. The first-order chi connectivity index (χ1) is 12.9. The first-order valence-electron chi connectivity index (χ1n) is 8.38. The molecule has 2 N–H and O–H groups in total. The van der Waals surface area contributed by atoms with Crippen LogP contribution >= 0.6 is 7.60 Å². The number of hydrogen-bond acceptors (Lipinski definition) is 6. The monoisotopic (exact) mass is 426 g/mol. The lowest BCUT2D eigenvalue weighted by atomic mass is 10.1. The van der Waals surface area contributed by atoms with Crippen molar-refractivity contribution in [2.45, 2.75) is 45.1 Å². The van der Waals surface area contributed by atoms with Gasteiger partial charge in [-0.05, 0) is 32.9 Å². The number of carboxylic acid groups (broad SMARTS) is 1. The SMILES string of the molecule is CCOP(=O)(OCC)C(CC(=O)NC(C)c1ccc(C(F)(F)F)cn1)C(=O)O. The van der Waals surface area contributed by atoms with Crippen molar-refractivity contribution in [3.63, 3.8) is 0 Å². The van der Waals surface area contributed by atoms with Gasteiger partial charge < -0.3 is 19.5 Å². The largest absolute Gasteiger partial charge is 0.481 e. The van der Waals surface area contributed by atoms with E-state index in [1.54, 1.807) is 0 Å². The number of alkyl halides is 3. The molecular weight excluding hydrogens is 404 g/mol. The predicted molar refractivity (Wildman–Crippen MR) is 92.7 cm³/mol. The molecule has 28 heavy (non-hydrogen) atoms. The molecule has 0 aliphatic heterocycles. The fourth-order valence-electron chi connectivity index (χ4n) is 2.29. The van der Waals surface area contributed by atoms with Gasteiger partial charge in [0.1, 0.15) is 0 Å². The maximum atomic E-state index is 12.7. The molecule has 2 unspecified atom stereocenters. The van der Waals surface area contributed by atoms with Crippen LogP contribution in [0.3, 0.4) is 0 Å². The second-order valence-corrected chi connectivity index (χ2v) is 7.91. The molecule has 158 valence electrons. The number of nitrogens with zero attached hydrogens (tertiary/aromatic N) is 1. The number of aliphatic carboxylic acids is 1. The van der Waals surface area contributed by atoms with Crippen molar-refractivity contribution in [3.05, 3.63) is 29.6 Å². The van der Waals surface area contributed by atoms with Crippen molar-refractivity contribution in [1.29, 1.82) is 0 Å². The molecule has 12 heteroatoms. The second kappa shape index (κ2) is 9.99. The van der Waals surface area contributed by atoms with Crippen LogP contribution in [0.5, 0.6) is 0 Å². The number of hydrogen-bond donors (Lipinski definition) is 2. The minimum Gasteiger partial charge on any atom is -0.481 e. The van der Waals surface area contributed by atoms with Crippen LogP contribution in [0.25, 0.3) is 0 Å². The first kappa shape index (κ1) is 24.1. The molecule has 0 saturated carbocycles. The highest BCUT2D eigenvalue weighted by molar-refractivity contribution is 7.55. The Labute approximate surface area is 160 Å². The fraction of sp³-hybridized carbons (Fsp3) is 0.562. The van der Waals surface area contributed by atoms with Gasteiger partial charge in [0.2, 0.25) is 5.91 Å². The van der Waals surface area contributed by atoms with Gasteiger partial charge in [-0.3, -0.25) is 19.1 Å². The molecule has 1 rings (SSSR count). The zero-order chi connectivity index (χ0) is 21.5. The molecule has 8 nitrogen and oxygen atoms in total. The zero-order valence-corrected chi connectivity index (χ0v) is 16.4. The topological polar surface area (TPSA) is 115 Å². The van der Waals surface area contributed by atoms with E-state index >= 15 is 0 Å². The van der Waals surface area contributed by atoms with Gasteiger partial charge in [-0.25, -0.2) is 0 Å². The quantitative estimate of drug-likeness (QED) is 0.551. The lowest BCUT2D eigenvalue weighted by molar-refractivity contribution is -0.139. The molecule has 2 atom stereocenters. The maximum Gasteiger partial charge on any atom is 0.417 e. The highest BCUT2D eigenvalue weighted by atomic mass is 31.2. The number of carboxylic acids is 1. The van der Waals surface area contributed by atoms with E-state index in [-0.39, 0.29) is 18.9 Å². The van der Waals surface area contributed by atoms with Gasteiger partial charge in [-0.2, -0.15) is 13.2 Å². The number of carbonyl (C=O) groups is 2. The third-order valence-corrected chi connectivity index (χ3v) is 6.00. The summed E-state index contributed by atoms with van der Waals surface area (Å²) < 4.78 is 60.3. The molecular formula is C16H22F3N2O6P. The third kappa shape index (κ3) is 6.57. The molecule has 1 aromatic rings. The van der Waals surface area contributed by atoms with E-state index in [9.17, 15) is 32.4 Å². The molecule has 0 aliphatic rings. The molecule has 0 radical (unpaired) electrons. The molecule has 0 saturated heterocycles. The second-order valence-electron chi connectivity index (χ2n) is 5.69. The van der Waals surface area contributed by atoms with Crippen molar-refractivity contribution in [2.75, 3.05) is 13.2 Å². The van der Waals surface area contributed by atoms with Gasteiger partial charge in [0.15, 0.2) is 5.66 Å². The van der Waals surface area contributed by atoms with Gasteiger partial charge in [0.05, 0.1) is 36.9 Å². The van der Waals surface area contributed by atoms with Crippen molar-refractivity contribution >= 4 is 19.5 Å². The molecule has 0 fully saturated rings. The first-order valence-corrected chi connectivity index (χ1v) is 9.99. The van der Waals surface area contributed by atoms with Crippen molar-refractivity contribution in [1.82, 2.24) is 10.3 Å². The third-order valence-electron chi connectivity index (χ3n) is 3.60. The summed E-state index contributed by atoms with van der Waals surface area (Å²) >= 11 is 0. The fourth-order valence-corrected chi connectivity index (χ4v) is 4.10. The number of halogens is 3. The van der Waals surface area contributed by atoms with E-state index in [0.717, 1.165) is 12.1 Å². The summed E-state index contributed by atoms with van der Waals surface area (Å²) in [4.78, 5) is 27.4. The number of nitrogens with one attached hydrogen (secondary N) is 1. The zero-order valence-electron chi connectivity index (χ0n) is 15.5. The van der Waals surface area contributed by atoms with Crippen LogP contribution in [-0.4, -0.2) is 40.8 Å². The minimum absolute atomic E-state index is 0.0748. The average Bonchev–Trinajstić information content (AvgIpc) is 2.59. The number of pyridine rings is 1. The van der Waals surface area contributed by atoms with E-state index in [1.807, 2.05) is 0 Å². The predicted octanol–water partition coefficient (Wildman–Crippen LogP) is 3.39. The van der Waals surface area contributed by atoms with Crippen LogP contribution in [0, 0.1) is 0 Å². The Morgan fingerprint density at radius 1 is 1.25 bits per heavy atom. The summed E-state index contributed by atoms with van der Waals surface area (Å²) in [6, 6.07) is 1.12. The van der Waals surface area contributed by atoms with Crippen molar-refractivity contribution < 1.29 is 41.5 Å². The molecule has 0 bridgehead atoms. The van der Waals surface area contributed by atoms with Crippen LogP contribution in [0.2, 0.25) is 0 Å². The summed E-state index contributed by atoms with van der Waals surface area (Å²) in [7, 11) is -4.08. The highest BCUT2D eigenvalue weighted by Gasteiger charge is 2.42. The normalized spacial score (nSPS) is 14.4. The highest BCUT2D eigenvalue weighted by Crippen LogP contribution is 2.54. The summed E-state index contributed by atoms with van der Waals surface area (Å²) in [5.74, 6) is -2.32. The van der Waals surface area contributed by atoms with Gasteiger partial charge in [0.25, 0.3) is 0 Å². The lowest BCUT2D eigenvalue weighted by Gasteiger charge is -2.23. The van der Waals surface area contributed by atoms with Crippen molar-refractivity contribution in [2.24, 2.45) is 0 Å². The van der Waals surface area contributed by atoms with E-state index in [2.05, 4.69) is 10.3 Å². The van der Waals surface area contributed by atoms with Crippen LogP contribution in [0.1, 0.15) is 44.5 Å². The summed E-state index contributed by atoms with van der Waals surface area (Å²) in [6.45, 7) is 4.32. The van der Waals surface area contributed by atoms with E-state index < -0.39 is 49.3 Å². The van der Waals surface area contributed by atoms with E-state index in [1.165, 1.54) is 20.8 Å². The smallest absolute Gasteiger partial charge is 0.417 e. The molecule has 1 heterocycles. The Hall–Kier alpha value is -1.97. The van der Waals surface area contributed by atoms with E-state index in [0.29, 0.717) is 6.20 Å². The Bertz CT molecular complexity index is 716. The standard InChI is InChI=1S/C16H22F3N2O6P/c1-4-26-28(25,27-5-2)13(15(23)24)8-14(22)21-10(3)12-7-6-11(9-20-12)16(17,18)19/h6-7,9-10,13H,4-5,8H2,1-3H3,(H,21,22)(H,23,24). The van der Waals surface area contributed by atoms with Crippen LogP contribution < -0.4 is 5.32 Å². The van der Waals surface area contributed by atoms with E-state index in [4.69, 9.17) is 9.05 Å². The van der Waals surface area contributed by atoms with Gasteiger partial charge in [-0.15, -0.1) is 0 Å². The summed E-state index contributed by atoms with van der Waals surface area (Å²) in [6.07, 6.45) is -4.60. The minimum atomic E-state index is -4.54. The summed E-state index contributed by atoms with van der Waals surface area (Å²) in [5, 5.41) is 11.8. The van der Waals surface area contributed by atoms with Crippen LogP contribution in [-0.2, 0) is 29.4 Å². The van der Waals surface area contributed by atoms with Gasteiger partial charge in [-0.1, -0.05) is 0 Å². The lowest BCUT2D eigenvalue weighted by Crippen LogP contribution is -2.34. The number of carbonyl (C=O) groups excluding carboxylic acids is 1. The summed E-state index contributed by atoms with van der Waals surface area (Å²) in [5.41, 5.74) is -2.51. The number of aromatic nitrogens is 1. The maximum absolute atomic E-state index is 12.7. The van der Waals surface area contributed by atoms with Gasteiger partial charge >= 0.3 is 19.7 Å². The van der Waals surface area contributed by atoms with Crippen LogP contribution in [0.15, 0.2) is 18.3 Å². The molecule has 0 spiro atoms. The molecule has 1 aromatic heterocycles. The van der Waals surface area contributed by atoms with Crippen LogP contribution in [0.4, 0.5) is 13.2 Å². The van der Waals surface area contributed by atoms with Crippen molar-refractivity contribution in [3.8, 4) is 0 Å².